The number of fused-ring (bicyclic) bond motifs is 1. The number of amides is 1. The number of morpholine rings is 1. The van der Waals surface area contributed by atoms with E-state index in [-0.39, 0.29) is 5.91 Å². The smallest absolute Gasteiger partial charge is 0.252 e. The first-order valence-electron chi connectivity index (χ1n) is 11.2. The lowest BCUT2D eigenvalue weighted by molar-refractivity contribution is -0.908. The zero-order valence-corrected chi connectivity index (χ0v) is 19.2. The molecule has 4 rings (SSSR count). The lowest BCUT2D eigenvalue weighted by atomic mass is 10.1. The molecule has 0 spiro atoms. The summed E-state index contributed by atoms with van der Waals surface area (Å²) < 4.78 is 10.9. The predicted octanol–water partition coefficient (Wildman–Crippen LogP) is 2.82. The summed E-state index contributed by atoms with van der Waals surface area (Å²) in [6.07, 6.45) is 0.956. The molecule has 0 atom stereocenters. The van der Waals surface area contributed by atoms with Gasteiger partial charge in [-0.1, -0.05) is 30.0 Å². The highest BCUT2D eigenvalue weighted by Gasteiger charge is 2.15. The molecule has 0 bridgehead atoms. The Morgan fingerprint density at radius 1 is 1.16 bits per heavy atom. The first kappa shape index (κ1) is 22.6. The molecule has 0 saturated carbocycles. The van der Waals surface area contributed by atoms with Gasteiger partial charge in [0.15, 0.2) is 0 Å². The maximum absolute atomic E-state index is 13.0. The largest absolute Gasteiger partial charge is 0.494 e. The van der Waals surface area contributed by atoms with Crippen molar-refractivity contribution in [3.63, 3.8) is 0 Å². The number of rotatable bonds is 9. The molecule has 2 heterocycles. The summed E-state index contributed by atoms with van der Waals surface area (Å²) in [6.45, 7) is 8.10. The molecule has 0 aliphatic carbocycles. The molecule has 1 fully saturated rings. The second kappa shape index (κ2) is 11.3. The number of carbonyl (C=O) groups excluding carboxylic acids is 1. The van der Waals surface area contributed by atoms with E-state index in [1.54, 1.807) is 16.7 Å². The highest BCUT2D eigenvalue weighted by molar-refractivity contribution is 7.99. The fourth-order valence-corrected chi connectivity index (χ4v) is 4.66. The number of hydrogen-bond acceptors (Lipinski definition) is 5. The van der Waals surface area contributed by atoms with Gasteiger partial charge in [-0.25, -0.2) is 4.98 Å². The van der Waals surface area contributed by atoms with Crippen LogP contribution in [-0.4, -0.2) is 56.9 Å². The van der Waals surface area contributed by atoms with Crippen molar-refractivity contribution in [3.8, 4) is 5.75 Å². The molecule has 0 unspecified atom stereocenters. The van der Waals surface area contributed by atoms with Crippen LogP contribution in [0.1, 0.15) is 23.7 Å². The second-order valence-electron chi connectivity index (χ2n) is 7.75. The average Bonchev–Trinajstić information content (AvgIpc) is 2.83. The van der Waals surface area contributed by atoms with Crippen LogP contribution in [0.3, 0.4) is 0 Å². The molecule has 2 aromatic carbocycles. The third kappa shape index (κ3) is 6.00. The van der Waals surface area contributed by atoms with Crippen LogP contribution in [0.15, 0.2) is 64.5 Å². The van der Waals surface area contributed by atoms with Crippen molar-refractivity contribution in [2.45, 2.75) is 23.3 Å². The number of nitrogens with zero attached hydrogens (tertiary/aromatic N) is 1. The fourth-order valence-electron chi connectivity index (χ4n) is 3.83. The average molecular weight is 453 g/mol. The monoisotopic (exact) mass is 452 g/mol. The van der Waals surface area contributed by atoms with E-state index < -0.39 is 0 Å². The normalized spacial score (nSPS) is 14.4. The number of benzene rings is 2. The number of quaternary nitrogens is 1. The summed E-state index contributed by atoms with van der Waals surface area (Å²) >= 11 is 1.55. The van der Waals surface area contributed by atoms with Gasteiger partial charge in [0.1, 0.15) is 23.9 Å². The number of nitrogens with one attached hydrogen (secondary N) is 2. The summed E-state index contributed by atoms with van der Waals surface area (Å²) in [7, 11) is 0. The van der Waals surface area contributed by atoms with Crippen LogP contribution in [0.5, 0.6) is 5.75 Å². The van der Waals surface area contributed by atoms with E-state index >= 15 is 0 Å². The number of pyridine rings is 1. The fraction of sp³-hybridized carbons (Fsp3) is 0.360. The van der Waals surface area contributed by atoms with Crippen LogP contribution in [0, 0.1) is 0 Å². The van der Waals surface area contributed by atoms with Crippen LogP contribution in [0.25, 0.3) is 10.9 Å². The Balaban J connectivity index is 1.44. The molecule has 1 amide bonds. The lowest BCUT2D eigenvalue weighted by Crippen LogP contribution is -3.14. The first-order chi connectivity index (χ1) is 15.7. The molecule has 1 saturated heterocycles. The minimum Gasteiger partial charge on any atom is -0.494 e. The van der Waals surface area contributed by atoms with Crippen LogP contribution in [-0.2, 0) is 4.74 Å². The van der Waals surface area contributed by atoms with Crippen LogP contribution >= 0.6 is 11.8 Å². The van der Waals surface area contributed by atoms with Crippen molar-refractivity contribution in [2.75, 3.05) is 46.0 Å². The van der Waals surface area contributed by atoms with Crippen molar-refractivity contribution in [2.24, 2.45) is 0 Å². The van der Waals surface area contributed by atoms with E-state index in [2.05, 4.69) is 5.32 Å². The molecule has 32 heavy (non-hydrogen) atoms. The maximum Gasteiger partial charge on any atom is 0.252 e. The first-order valence-corrected chi connectivity index (χ1v) is 12.0. The van der Waals surface area contributed by atoms with Crippen molar-refractivity contribution in [1.29, 1.82) is 0 Å². The van der Waals surface area contributed by atoms with E-state index in [1.165, 1.54) is 0 Å². The number of carbonyl (C=O) groups is 1. The van der Waals surface area contributed by atoms with Crippen molar-refractivity contribution in [3.05, 3.63) is 60.2 Å². The van der Waals surface area contributed by atoms with E-state index in [9.17, 15) is 4.79 Å². The highest BCUT2D eigenvalue weighted by Crippen LogP contribution is 2.30. The highest BCUT2D eigenvalue weighted by atomic mass is 32.2. The van der Waals surface area contributed by atoms with Gasteiger partial charge in [0.05, 0.1) is 37.4 Å². The number of ether oxygens (including phenoxy) is 2. The van der Waals surface area contributed by atoms with Gasteiger partial charge in [0, 0.05) is 23.2 Å². The molecule has 168 valence electrons. The van der Waals surface area contributed by atoms with Gasteiger partial charge in [-0.2, -0.15) is 0 Å². The quantitative estimate of drug-likeness (QED) is 0.489. The Bertz CT molecular complexity index is 1040. The van der Waals surface area contributed by atoms with E-state index in [4.69, 9.17) is 14.5 Å². The van der Waals surface area contributed by atoms with Gasteiger partial charge in [-0.15, -0.1) is 0 Å². The molecule has 1 aliphatic rings. The van der Waals surface area contributed by atoms with Gasteiger partial charge in [-0.3, -0.25) is 4.79 Å². The predicted molar refractivity (Wildman–Crippen MR) is 127 cm³/mol. The molecule has 1 aromatic heterocycles. The molecule has 1 aliphatic heterocycles. The number of hydrogen-bond donors (Lipinski definition) is 2. The van der Waals surface area contributed by atoms with Crippen LogP contribution in [0.4, 0.5) is 0 Å². The zero-order valence-electron chi connectivity index (χ0n) is 18.4. The Morgan fingerprint density at radius 3 is 2.72 bits per heavy atom. The van der Waals surface area contributed by atoms with E-state index in [1.807, 2.05) is 61.5 Å². The van der Waals surface area contributed by atoms with Crippen LogP contribution in [0.2, 0.25) is 0 Å². The van der Waals surface area contributed by atoms with Crippen molar-refractivity contribution in [1.82, 2.24) is 10.3 Å². The molecule has 6 nitrogen and oxygen atoms in total. The summed E-state index contributed by atoms with van der Waals surface area (Å²) in [5, 5.41) is 4.78. The number of aromatic nitrogens is 1. The molecule has 7 heteroatoms. The Labute approximate surface area is 193 Å². The molecule has 2 N–H and O–H groups in total. The van der Waals surface area contributed by atoms with Gasteiger partial charge in [-0.05, 0) is 43.3 Å². The molecular formula is C25H30N3O3S+. The SMILES string of the molecule is CCOc1ccc(Sc2cc(C(=O)NCCC[NH+]3CCOCC3)c3ccccc3n2)cc1. The summed E-state index contributed by atoms with van der Waals surface area (Å²) in [4.78, 5) is 20.4. The third-order valence-electron chi connectivity index (χ3n) is 5.49. The van der Waals surface area contributed by atoms with Crippen molar-refractivity contribution >= 4 is 28.6 Å². The summed E-state index contributed by atoms with van der Waals surface area (Å²) in [6, 6.07) is 17.6. The topological polar surface area (TPSA) is 64.9 Å². The van der Waals surface area contributed by atoms with Gasteiger partial charge >= 0.3 is 0 Å². The number of para-hydroxylation sites is 1. The van der Waals surface area contributed by atoms with Gasteiger partial charge in [0.25, 0.3) is 5.91 Å². The lowest BCUT2D eigenvalue weighted by Gasteiger charge is -2.23. The standard InChI is InChI=1S/C25H29N3O3S/c1-2-31-19-8-10-20(11-9-19)32-24-18-22(21-6-3-4-7-23(21)27-24)25(29)26-12-5-13-28-14-16-30-17-15-28/h3-4,6-11,18H,2,5,12-17H2,1H3,(H,26,29)/p+1. The molecular weight excluding hydrogens is 422 g/mol. The Hall–Kier alpha value is -2.61. The van der Waals surface area contributed by atoms with Gasteiger partial charge < -0.3 is 19.7 Å². The molecule has 0 radical (unpaired) electrons. The summed E-state index contributed by atoms with van der Waals surface area (Å²) in [5.41, 5.74) is 1.49. The zero-order chi connectivity index (χ0) is 22.2. The minimum atomic E-state index is -0.0471. The third-order valence-corrected chi connectivity index (χ3v) is 6.41. The minimum absolute atomic E-state index is 0.0471. The summed E-state index contributed by atoms with van der Waals surface area (Å²) in [5.74, 6) is 0.802. The van der Waals surface area contributed by atoms with E-state index in [0.29, 0.717) is 18.7 Å². The van der Waals surface area contributed by atoms with Crippen LogP contribution < -0.4 is 15.0 Å². The van der Waals surface area contributed by atoms with Crippen molar-refractivity contribution < 1.29 is 19.2 Å². The second-order valence-corrected chi connectivity index (χ2v) is 8.85. The van der Waals surface area contributed by atoms with E-state index in [0.717, 1.165) is 65.8 Å². The Kier molecular flexibility index (Phi) is 7.98. The maximum atomic E-state index is 13.0. The molecule has 3 aromatic rings. The Morgan fingerprint density at radius 2 is 1.94 bits per heavy atom. The van der Waals surface area contributed by atoms with Gasteiger partial charge in [0.2, 0.25) is 0 Å².